The van der Waals surface area contributed by atoms with Crippen molar-refractivity contribution in [1.29, 1.82) is 0 Å². The lowest BCUT2D eigenvalue weighted by atomic mass is 10.1. The lowest BCUT2D eigenvalue weighted by molar-refractivity contribution is -0.122. The molecule has 0 aromatic heterocycles. The minimum atomic E-state index is -3.74. The predicted molar refractivity (Wildman–Crippen MR) is 118 cm³/mol. The van der Waals surface area contributed by atoms with Crippen molar-refractivity contribution in [2.45, 2.75) is 31.8 Å². The number of benzene rings is 3. The van der Waals surface area contributed by atoms with Crippen LogP contribution in [0.3, 0.4) is 0 Å². The number of carbonyl (C=O) groups is 1. The first-order valence-corrected chi connectivity index (χ1v) is 11.0. The van der Waals surface area contributed by atoms with Crippen LogP contribution in [0.2, 0.25) is 0 Å². The Hall–Kier alpha value is -3.32. The van der Waals surface area contributed by atoms with Crippen LogP contribution < -0.4 is 14.8 Å². The van der Waals surface area contributed by atoms with Gasteiger partial charge in [-0.3, -0.25) is 9.52 Å². The summed E-state index contributed by atoms with van der Waals surface area (Å²) in [5.74, 6) is 0.266. The van der Waals surface area contributed by atoms with E-state index >= 15 is 0 Å². The number of amides is 1. The van der Waals surface area contributed by atoms with Gasteiger partial charge in [0.25, 0.3) is 15.9 Å². The minimum absolute atomic E-state index is 0.106. The number of hydrogen-bond acceptors (Lipinski definition) is 4. The van der Waals surface area contributed by atoms with Gasteiger partial charge < -0.3 is 10.1 Å². The highest BCUT2D eigenvalue weighted by molar-refractivity contribution is 7.92. The third kappa shape index (κ3) is 5.39. The molecule has 156 valence electrons. The molecule has 3 aromatic rings. The van der Waals surface area contributed by atoms with Crippen LogP contribution in [-0.2, 0) is 14.8 Å². The van der Waals surface area contributed by atoms with Gasteiger partial charge >= 0.3 is 0 Å². The second kappa shape index (κ2) is 9.00. The number of carbonyl (C=O) groups excluding carboxylic acids is 1. The van der Waals surface area contributed by atoms with E-state index in [1.54, 1.807) is 37.3 Å². The Labute approximate surface area is 177 Å². The zero-order valence-electron chi connectivity index (χ0n) is 17.0. The molecule has 0 saturated heterocycles. The number of rotatable bonds is 7. The molecule has 30 heavy (non-hydrogen) atoms. The van der Waals surface area contributed by atoms with E-state index < -0.39 is 16.1 Å². The zero-order chi connectivity index (χ0) is 21.7. The third-order valence-electron chi connectivity index (χ3n) is 4.48. The molecule has 3 rings (SSSR count). The van der Waals surface area contributed by atoms with E-state index in [0.717, 1.165) is 11.1 Å². The maximum Gasteiger partial charge on any atom is 0.265 e. The van der Waals surface area contributed by atoms with Gasteiger partial charge in [0.05, 0.1) is 10.6 Å². The largest absolute Gasteiger partial charge is 0.481 e. The van der Waals surface area contributed by atoms with Crippen LogP contribution >= 0.6 is 0 Å². The number of nitrogens with one attached hydrogen (secondary N) is 2. The average molecular weight is 425 g/mol. The Bertz CT molecular complexity index is 1130. The van der Waals surface area contributed by atoms with Crippen molar-refractivity contribution in [1.82, 2.24) is 0 Å². The highest BCUT2D eigenvalue weighted by Gasteiger charge is 2.17. The van der Waals surface area contributed by atoms with Crippen molar-refractivity contribution < 1.29 is 17.9 Å². The number of hydrogen-bond donors (Lipinski definition) is 2. The predicted octanol–water partition coefficient (Wildman–Crippen LogP) is 4.51. The fraction of sp³-hybridized carbons (Fsp3) is 0.174. The van der Waals surface area contributed by atoms with E-state index in [9.17, 15) is 13.2 Å². The van der Waals surface area contributed by atoms with E-state index in [-0.39, 0.29) is 10.8 Å². The molecular formula is C23H24N2O4S. The van der Waals surface area contributed by atoms with Crippen molar-refractivity contribution in [3.05, 3.63) is 83.9 Å². The second-order valence-corrected chi connectivity index (χ2v) is 8.69. The van der Waals surface area contributed by atoms with Gasteiger partial charge in [-0.15, -0.1) is 0 Å². The second-order valence-electron chi connectivity index (χ2n) is 7.01. The first-order valence-electron chi connectivity index (χ1n) is 9.47. The highest BCUT2D eigenvalue weighted by Crippen LogP contribution is 2.22. The van der Waals surface area contributed by atoms with Crippen LogP contribution in [0.1, 0.15) is 18.1 Å². The Balaban J connectivity index is 1.65. The van der Waals surface area contributed by atoms with Crippen molar-refractivity contribution in [2.75, 3.05) is 10.0 Å². The third-order valence-corrected chi connectivity index (χ3v) is 5.87. The van der Waals surface area contributed by atoms with Gasteiger partial charge in [0.1, 0.15) is 5.75 Å². The molecule has 1 amide bonds. The van der Waals surface area contributed by atoms with Crippen LogP contribution in [0.5, 0.6) is 5.75 Å². The maximum atomic E-state index is 12.7. The summed E-state index contributed by atoms with van der Waals surface area (Å²) in [6.07, 6.45) is -0.706. The topological polar surface area (TPSA) is 84.5 Å². The molecule has 0 spiro atoms. The standard InChI is InChI=1S/C23H24N2O4S/c1-16-9-14-22(17(2)15-16)25-30(27,28)21-12-10-19(11-13-21)24-23(26)18(3)29-20-7-5-4-6-8-20/h4-15,18,25H,1-3H3,(H,24,26)/t18-/m0/s1. The Morgan fingerprint density at radius 1 is 0.933 bits per heavy atom. The van der Waals surface area contributed by atoms with Gasteiger partial charge in [-0.25, -0.2) is 8.42 Å². The van der Waals surface area contributed by atoms with E-state index in [1.807, 2.05) is 44.2 Å². The monoisotopic (exact) mass is 424 g/mol. The molecule has 0 unspecified atom stereocenters. The number of anilines is 2. The first-order chi connectivity index (χ1) is 14.2. The average Bonchev–Trinajstić information content (AvgIpc) is 2.71. The Kier molecular flexibility index (Phi) is 6.42. The summed E-state index contributed by atoms with van der Waals surface area (Å²) in [6.45, 7) is 5.45. The maximum absolute atomic E-state index is 12.7. The summed E-state index contributed by atoms with van der Waals surface area (Å²) in [6, 6.07) is 20.5. The van der Waals surface area contributed by atoms with Crippen molar-refractivity contribution in [2.24, 2.45) is 0 Å². The van der Waals surface area contributed by atoms with Gasteiger partial charge in [-0.1, -0.05) is 35.9 Å². The van der Waals surface area contributed by atoms with Gasteiger partial charge in [0.15, 0.2) is 6.10 Å². The summed E-state index contributed by atoms with van der Waals surface area (Å²) in [5, 5.41) is 2.73. The Morgan fingerprint density at radius 3 is 2.23 bits per heavy atom. The summed E-state index contributed by atoms with van der Waals surface area (Å²) in [4.78, 5) is 12.4. The summed E-state index contributed by atoms with van der Waals surface area (Å²) in [5.41, 5.74) is 2.91. The summed E-state index contributed by atoms with van der Waals surface area (Å²) in [7, 11) is -3.74. The van der Waals surface area contributed by atoms with Gasteiger partial charge in [-0.2, -0.15) is 0 Å². The van der Waals surface area contributed by atoms with E-state index in [4.69, 9.17) is 4.74 Å². The number of aryl methyl sites for hydroxylation is 2. The molecule has 1 atom stereocenters. The van der Waals surface area contributed by atoms with Gasteiger partial charge in [0, 0.05) is 5.69 Å². The zero-order valence-corrected chi connectivity index (χ0v) is 17.9. The quantitative estimate of drug-likeness (QED) is 0.584. The molecule has 0 bridgehead atoms. The molecular weight excluding hydrogens is 400 g/mol. The molecule has 0 radical (unpaired) electrons. The van der Waals surface area contributed by atoms with Crippen molar-refractivity contribution in [3.8, 4) is 5.75 Å². The lowest BCUT2D eigenvalue weighted by Crippen LogP contribution is -2.30. The molecule has 3 aromatic carbocycles. The SMILES string of the molecule is Cc1ccc(NS(=O)(=O)c2ccc(NC(=O)[C@H](C)Oc3ccccc3)cc2)c(C)c1. The van der Waals surface area contributed by atoms with Crippen molar-refractivity contribution in [3.63, 3.8) is 0 Å². The van der Waals surface area contributed by atoms with E-state index in [1.165, 1.54) is 12.1 Å². The number of ether oxygens (including phenoxy) is 1. The molecule has 0 fully saturated rings. The Morgan fingerprint density at radius 2 is 1.60 bits per heavy atom. The van der Waals surface area contributed by atoms with E-state index in [0.29, 0.717) is 17.1 Å². The fourth-order valence-electron chi connectivity index (χ4n) is 2.85. The van der Waals surface area contributed by atoms with Crippen LogP contribution in [0.15, 0.2) is 77.7 Å². The van der Waals surface area contributed by atoms with Crippen molar-refractivity contribution >= 4 is 27.3 Å². The lowest BCUT2D eigenvalue weighted by Gasteiger charge is -2.15. The van der Waals surface area contributed by atoms with Crippen LogP contribution in [0, 0.1) is 13.8 Å². The molecule has 0 saturated carbocycles. The number of para-hydroxylation sites is 1. The van der Waals surface area contributed by atoms with Gasteiger partial charge in [0.2, 0.25) is 0 Å². The summed E-state index contributed by atoms with van der Waals surface area (Å²) < 4.78 is 33.5. The first kappa shape index (κ1) is 21.4. The van der Waals surface area contributed by atoms with Crippen LogP contribution in [0.4, 0.5) is 11.4 Å². The van der Waals surface area contributed by atoms with Crippen LogP contribution in [0.25, 0.3) is 0 Å². The molecule has 0 aliphatic carbocycles. The molecule has 7 heteroatoms. The number of sulfonamides is 1. The fourth-order valence-corrected chi connectivity index (χ4v) is 3.98. The van der Waals surface area contributed by atoms with Crippen LogP contribution in [-0.4, -0.2) is 20.4 Å². The summed E-state index contributed by atoms with van der Waals surface area (Å²) >= 11 is 0. The molecule has 2 N–H and O–H groups in total. The molecule has 0 aliphatic heterocycles. The molecule has 6 nitrogen and oxygen atoms in total. The van der Waals surface area contributed by atoms with Gasteiger partial charge in [-0.05, 0) is 68.8 Å². The normalized spacial score (nSPS) is 12.1. The smallest absolute Gasteiger partial charge is 0.265 e. The molecule has 0 aliphatic rings. The van der Waals surface area contributed by atoms with E-state index in [2.05, 4.69) is 10.0 Å². The molecule has 0 heterocycles. The highest BCUT2D eigenvalue weighted by atomic mass is 32.2. The minimum Gasteiger partial charge on any atom is -0.481 e.